The summed E-state index contributed by atoms with van der Waals surface area (Å²) in [6, 6.07) is 11.0. The fourth-order valence-electron chi connectivity index (χ4n) is 6.85. The molecule has 4 heterocycles. The van der Waals surface area contributed by atoms with E-state index >= 15 is 0 Å². The van der Waals surface area contributed by atoms with Crippen molar-refractivity contribution in [2.24, 2.45) is 11.8 Å². The minimum absolute atomic E-state index is 0.299. The highest BCUT2D eigenvalue weighted by Crippen LogP contribution is 2.45. The van der Waals surface area contributed by atoms with E-state index in [1.54, 1.807) is 5.57 Å². The van der Waals surface area contributed by atoms with Crippen LogP contribution in [0.15, 0.2) is 46.5 Å². The summed E-state index contributed by atoms with van der Waals surface area (Å²) >= 11 is 0. The van der Waals surface area contributed by atoms with Crippen molar-refractivity contribution in [3.8, 4) is 11.4 Å². The Bertz CT molecular complexity index is 1020. The monoisotopic (exact) mass is 446 g/mol. The van der Waals surface area contributed by atoms with E-state index in [-0.39, 0.29) is 0 Å². The zero-order valence-electron chi connectivity index (χ0n) is 19.4. The third kappa shape index (κ3) is 4.14. The van der Waals surface area contributed by atoms with Crippen molar-refractivity contribution in [3.05, 3.63) is 47.9 Å². The topological polar surface area (TPSA) is 62.5 Å². The van der Waals surface area contributed by atoms with Gasteiger partial charge in [0, 0.05) is 37.5 Å². The van der Waals surface area contributed by atoms with Gasteiger partial charge in [-0.05, 0) is 56.9 Å². The van der Waals surface area contributed by atoms with E-state index in [2.05, 4.69) is 26.0 Å². The molecule has 1 aromatic carbocycles. The van der Waals surface area contributed by atoms with Gasteiger partial charge in [0.05, 0.1) is 6.04 Å². The molecule has 3 aliphatic heterocycles. The van der Waals surface area contributed by atoms with Crippen LogP contribution in [0.4, 0.5) is 0 Å². The van der Waals surface area contributed by atoms with Gasteiger partial charge in [0.15, 0.2) is 0 Å². The van der Waals surface area contributed by atoms with Crippen molar-refractivity contribution >= 4 is 5.91 Å². The second-order valence-electron chi connectivity index (χ2n) is 10.3. The standard InChI is InChI=1S/C27H34N4O2/c32-25(13-6-12-24-28-27(29-33-24)19-8-2-1-3-9-19)31-15-7-10-20-16-21-17-22(26(20)31)18-30-14-5-4-11-23(21)30/h1-3,8-9,16,21-23,26H,4-7,10-15,17-18H2/t21-,22+,23+,26+/m0/s1. The van der Waals surface area contributed by atoms with Crippen molar-refractivity contribution in [3.63, 3.8) is 0 Å². The third-order valence-electron chi connectivity index (χ3n) is 8.26. The molecule has 6 nitrogen and oxygen atoms in total. The second-order valence-corrected chi connectivity index (χ2v) is 10.3. The minimum Gasteiger partial charge on any atom is -0.339 e. The fourth-order valence-corrected chi connectivity index (χ4v) is 6.85. The van der Waals surface area contributed by atoms with E-state index < -0.39 is 0 Å². The number of amides is 1. The molecule has 0 N–H and O–H groups in total. The zero-order chi connectivity index (χ0) is 22.2. The molecule has 2 bridgehead atoms. The number of aryl methyl sites for hydroxylation is 1. The Morgan fingerprint density at radius 2 is 2.03 bits per heavy atom. The van der Waals surface area contributed by atoms with E-state index in [0.29, 0.717) is 48.3 Å². The Balaban J connectivity index is 1.09. The van der Waals surface area contributed by atoms with Crippen LogP contribution < -0.4 is 0 Å². The first kappa shape index (κ1) is 21.1. The maximum absolute atomic E-state index is 13.3. The number of rotatable bonds is 5. The predicted molar refractivity (Wildman–Crippen MR) is 126 cm³/mol. The smallest absolute Gasteiger partial charge is 0.226 e. The largest absolute Gasteiger partial charge is 0.339 e. The molecule has 1 amide bonds. The average molecular weight is 447 g/mol. The van der Waals surface area contributed by atoms with Gasteiger partial charge in [0.25, 0.3) is 0 Å². The molecule has 1 aliphatic carbocycles. The summed E-state index contributed by atoms with van der Waals surface area (Å²) in [5.74, 6) is 2.85. The number of benzene rings is 1. The van der Waals surface area contributed by atoms with Gasteiger partial charge in [-0.25, -0.2) is 0 Å². The van der Waals surface area contributed by atoms with Gasteiger partial charge in [-0.3, -0.25) is 9.69 Å². The number of fused-ring (bicyclic) bond motifs is 6. The van der Waals surface area contributed by atoms with E-state index in [1.807, 2.05) is 30.3 Å². The molecule has 2 aromatic rings. The van der Waals surface area contributed by atoms with Crippen molar-refractivity contribution in [1.29, 1.82) is 0 Å². The average Bonchev–Trinajstić information content (AvgIpc) is 3.33. The number of carbonyl (C=O) groups is 1. The predicted octanol–water partition coefficient (Wildman–Crippen LogP) is 4.48. The molecule has 3 saturated heterocycles. The highest BCUT2D eigenvalue weighted by atomic mass is 16.5. The molecule has 6 rings (SSSR count). The zero-order valence-corrected chi connectivity index (χ0v) is 19.4. The third-order valence-corrected chi connectivity index (χ3v) is 8.26. The number of piperidine rings is 3. The second kappa shape index (κ2) is 9.05. The summed E-state index contributed by atoms with van der Waals surface area (Å²) < 4.78 is 5.44. The quantitative estimate of drug-likeness (QED) is 0.634. The highest BCUT2D eigenvalue weighted by molar-refractivity contribution is 5.77. The Morgan fingerprint density at radius 3 is 2.94 bits per heavy atom. The first-order chi connectivity index (χ1) is 16.3. The molecule has 0 radical (unpaired) electrons. The van der Waals surface area contributed by atoms with Crippen LogP contribution in [-0.4, -0.2) is 57.6 Å². The summed E-state index contributed by atoms with van der Waals surface area (Å²) in [6.45, 7) is 3.33. The van der Waals surface area contributed by atoms with Gasteiger partial charge in [-0.2, -0.15) is 4.98 Å². The van der Waals surface area contributed by atoms with Crippen LogP contribution in [0.3, 0.4) is 0 Å². The van der Waals surface area contributed by atoms with E-state index in [9.17, 15) is 4.79 Å². The van der Waals surface area contributed by atoms with Crippen LogP contribution in [0.25, 0.3) is 11.4 Å². The number of nitrogens with zero attached hydrogens (tertiary/aromatic N) is 4. The van der Waals surface area contributed by atoms with Crippen molar-refractivity contribution < 1.29 is 9.32 Å². The highest BCUT2D eigenvalue weighted by Gasteiger charge is 2.46. The van der Waals surface area contributed by atoms with Gasteiger partial charge in [0.1, 0.15) is 0 Å². The summed E-state index contributed by atoms with van der Waals surface area (Å²) in [7, 11) is 0. The molecule has 33 heavy (non-hydrogen) atoms. The Kier molecular flexibility index (Phi) is 5.78. The number of carbonyl (C=O) groups excluding carboxylic acids is 1. The molecule has 0 unspecified atom stereocenters. The van der Waals surface area contributed by atoms with Crippen LogP contribution in [0.2, 0.25) is 0 Å². The molecule has 0 spiro atoms. The summed E-state index contributed by atoms with van der Waals surface area (Å²) in [6.07, 6.45) is 12.2. The molecule has 0 saturated carbocycles. The van der Waals surface area contributed by atoms with Gasteiger partial charge in [0.2, 0.25) is 17.6 Å². The van der Waals surface area contributed by atoms with Crippen LogP contribution in [0.1, 0.15) is 57.3 Å². The van der Waals surface area contributed by atoms with Crippen molar-refractivity contribution in [1.82, 2.24) is 19.9 Å². The minimum atomic E-state index is 0.299. The lowest BCUT2D eigenvalue weighted by Crippen LogP contribution is -2.60. The lowest BCUT2D eigenvalue weighted by Gasteiger charge is -2.54. The first-order valence-electron chi connectivity index (χ1n) is 12.9. The number of hydrogen-bond donors (Lipinski definition) is 0. The summed E-state index contributed by atoms with van der Waals surface area (Å²) in [5.41, 5.74) is 2.51. The first-order valence-corrected chi connectivity index (χ1v) is 12.9. The lowest BCUT2D eigenvalue weighted by molar-refractivity contribution is -0.136. The van der Waals surface area contributed by atoms with Crippen LogP contribution in [-0.2, 0) is 11.2 Å². The van der Waals surface area contributed by atoms with Crippen molar-refractivity contribution in [2.75, 3.05) is 19.6 Å². The Morgan fingerprint density at radius 1 is 1.12 bits per heavy atom. The molecular weight excluding hydrogens is 412 g/mol. The number of aromatic nitrogens is 2. The van der Waals surface area contributed by atoms with Gasteiger partial charge >= 0.3 is 0 Å². The molecule has 4 aliphatic rings. The molecule has 1 aromatic heterocycles. The fraction of sp³-hybridized carbons (Fsp3) is 0.593. The van der Waals surface area contributed by atoms with Crippen molar-refractivity contribution in [2.45, 2.75) is 69.9 Å². The van der Waals surface area contributed by atoms with Gasteiger partial charge in [-0.15, -0.1) is 0 Å². The number of hydrogen-bond acceptors (Lipinski definition) is 5. The SMILES string of the molecule is O=C(CCCc1nc(-c2ccccc2)no1)N1CCCC2=C[C@H]3C[C@H](CN4CCCC[C@H]34)[C@@H]21. The van der Waals surface area contributed by atoms with E-state index in [0.717, 1.165) is 31.0 Å². The van der Waals surface area contributed by atoms with Crippen LogP contribution in [0, 0.1) is 11.8 Å². The lowest BCUT2D eigenvalue weighted by atomic mass is 9.68. The summed E-state index contributed by atoms with van der Waals surface area (Å²) in [4.78, 5) is 22.8. The van der Waals surface area contributed by atoms with Crippen LogP contribution in [0.5, 0.6) is 0 Å². The van der Waals surface area contributed by atoms with Crippen LogP contribution >= 0.6 is 0 Å². The maximum atomic E-state index is 13.3. The molecule has 3 fully saturated rings. The maximum Gasteiger partial charge on any atom is 0.226 e. The molecular formula is C27H34N4O2. The normalized spacial score (nSPS) is 29.2. The Labute approximate surface area is 196 Å². The number of likely N-dealkylation sites (tertiary alicyclic amines) is 1. The molecule has 174 valence electrons. The summed E-state index contributed by atoms with van der Waals surface area (Å²) in [5, 5.41) is 4.10. The molecule has 6 heteroatoms. The van der Waals surface area contributed by atoms with E-state index in [4.69, 9.17) is 4.52 Å². The van der Waals surface area contributed by atoms with E-state index in [1.165, 1.54) is 45.2 Å². The molecule has 4 atom stereocenters. The van der Waals surface area contributed by atoms with Gasteiger partial charge < -0.3 is 9.42 Å². The van der Waals surface area contributed by atoms with Gasteiger partial charge in [-0.1, -0.05) is 53.6 Å². The Hall–Kier alpha value is -2.47.